The van der Waals surface area contributed by atoms with Crippen molar-refractivity contribution in [1.29, 1.82) is 0 Å². The first-order valence-corrected chi connectivity index (χ1v) is 33.7. The SMILES string of the molecule is CCCCCCCCCCCCCCCCC[CH2][Sb](=[O])([CH2]CCCCCCCCCCCCCCCCC)[CH2]CCCCCCCCCCCCCCCCC. The first-order valence-electron chi connectivity index (χ1n) is 27.3. The zero-order valence-corrected chi connectivity index (χ0v) is 42.5. The minimum absolute atomic E-state index is 1.15. The molecular formula is C54H111OSb. The van der Waals surface area contributed by atoms with E-state index in [2.05, 4.69) is 20.8 Å². The number of hydrogen-bond donors (Lipinski definition) is 0. The molecule has 0 aromatic carbocycles. The summed E-state index contributed by atoms with van der Waals surface area (Å²) in [6, 6.07) is 0. The van der Waals surface area contributed by atoms with E-state index in [0.29, 0.717) is 0 Å². The molecule has 0 atom stereocenters. The molecule has 0 rings (SSSR count). The number of hydrogen-bond acceptors (Lipinski definition) is 1. The molecule has 0 aliphatic rings. The Morgan fingerprint density at radius 3 is 0.411 bits per heavy atom. The molecule has 0 fully saturated rings. The van der Waals surface area contributed by atoms with Gasteiger partial charge in [0.2, 0.25) is 0 Å². The van der Waals surface area contributed by atoms with Gasteiger partial charge in [0, 0.05) is 0 Å². The molecule has 0 spiro atoms. The fourth-order valence-corrected chi connectivity index (χ4v) is 17.9. The Balaban J connectivity index is 4.08. The van der Waals surface area contributed by atoms with Crippen LogP contribution in [0.2, 0.25) is 13.1 Å². The summed E-state index contributed by atoms with van der Waals surface area (Å²) in [6.45, 7) is 6.93. The normalized spacial score (nSPS) is 12.0. The van der Waals surface area contributed by atoms with Crippen molar-refractivity contribution in [3.63, 3.8) is 0 Å². The van der Waals surface area contributed by atoms with Crippen LogP contribution >= 0.6 is 0 Å². The van der Waals surface area contributed by atoms with Gasteiger partial charge in [-0.25, -0.2) is 0 Å². The third kappa shape index (κ3) is 47.3. The fraction of sp³-hybridized carbons (Fsp3) is 1.00. The first-order chi connectivity index (χ1) is 27.7. The summed E-state index contributed by atoms with van der Waals surface area (Å²) < 4.78 is 17.8. The topological polar surface area (TPSA) is 17.1 Å². The first kappa shape index (κ1) is 56.6. The number of rotatable bonds is 51. The molecule has 0 aromatic rings. The van der Waals surface area contributed by atoms with E-state index in [1.54, 1.807) is 0 Å². The molecule has 0 radical (unpaired) electrons. The molecule has 0 aliphatic heterocycles. The monoisotopic (exact) mass is 897 g/mol. The smallest absolute Gasteiger partial charge is 0.0654 e. The third-order valence-electron chi connectivity index (χ3n) is 13.3. The van der Waals surface area contributed by atoms with Crippen LogP contribution in [0.1, 0.15) is 329 Å². The van der Waals surface area contributed by atoms with Crippen molar-refractivity contribution in [3.8, 4) is 0 Å². The van der Waals surface area contributed by atoms with Gasteiger partial charge in [-0.15, -0.1) is 0 Å². The minimum atomic E-state index is -3.06. The van der Waals surface area contributed by atoms with Crippen molar-refractivity contribution in [2.45, 2.75) is 342 Å². The Morgan fingerprint density at radius 2 is 0.286 bits per heavy atom. The van der Waals surface area contributed by atoms with Gasteiger partial charge >= 0.3 is 247 Å². The second kappa shape index (κ2) is 50.0. The van der Waals surface area contributed by atoms with Crippen LogP contribution in [0.3, 0.4) is 0 Å². The van der Waals surface area contributed by atoms with Crippen LogP contribution in [-0.2, 0) is 3.02 Å². The van der Waals surface area contributed by atoms with E-state index in [0.717, 1.165) is 13.1 Å². The van der Waals surface area contributed by atoms with Crippen molar-refractivity contribution in [1.82, 2.24) is 0 Å². The summed E-state index contributed by atoms with van der Waals surface area (Å²) >= 11 is -3.06. The Hall–Kier alpha value is 0.618. The predicted molar refractivity (Wildman–Crippen MR) is 259 cm³/mol. The molecule has 338 valence electrons. The summed E-state index contributed by atoms with van der Waals surface area (Å²) in [5.41, 5.74) is 0. The van der Waals surface area contributed by atoms with Gasteiger partial charge in [-0.1, -0.05) is 117 Å². The van der Waals surface area contributed by atoms with Crippen LogP contribution in [0.15, 0.2) is 0 Å². The molecule has 1 nitrogen and oxygen atoms in total. The van der Waals surface area contributed by atoms with Gasteiger partial charge in [0.05, 0.1) is 0 Å². The van der Waals surface area contributed by atoms with Crippen molar-refractivity contribution in [2.24, 2.45) is 0 Å². The molecule has 0 N–H and O–H groups in total. The Morgan fingerprint density at radius 1 is 0.179 bits per heavy atom. The van der Waals surface area contributed by atoms with Crippen molar-refractivity contribution in [2.75, 3.05) is 0 Å². The fourth-order valence-electron chi connectivity index (χ4n) is 9.18. The maximum atomic E-state index is 14.3. The number of unbranched alkanes of at least 4 members (excludes halogenated alkanes) is 45. The standard InChI is InChI=1S/3C18H37.O.Sb/c3*1-3-5-7-9-11-13-15-17-18-16-14-12-10-8-6-4-2;;/h3*1,3-18H2,2H3;;. The van der Waals surface area contributed by atoms with Crippen LogP contribution in [-0.4, -0.2) is 18.8 Å². The summed E-state index contributed by atoms with van der Waals surface area (Å²) in [4.78, 5) is 0. The van der Waals surface area contributed by atoms with E-state index < -0.39 is 18.8 Å². The van der Waals surface area contributed by atoms with Gasteiger partial charge in [-0.2, -0.15) is 0 Å². The van der Waals surface area contributed by atoms with Gasteiger partial charge in [0.15, 0.2) is 0 Å². The molecule has 0 unspecified atom stereocenters. The van der Waals surface area contributed by atoms with Gasteiger partial charge in [0.25, 0.3) is 0 Å². The van der Waals surface area contributed by atoms with Crippen molar-refractivity contribution >= 4 is 18.8 Å². The molecule has 2 heteroatoms. The predicted octanol–water partition coefficient (Wildman–Crippen LogP) is 21.1. The van der Waals surface area contributed by atoms with Crippen LogP contribution in [0.4, 0.5) is 0 Å². The zero-order chi connectivity index (χ0) is 40.6. The van der Waals surface area contributed by atoms with Crippen LogP contribution in [0.25, 0.3) is 0 Å². The van der Waals surface area contributed by atoms with Gasteiger partial charge in [0.1, 0.15) is 0 Å². The average Bonchev–Trinajstić information content (AvgIpc) is 3.20. The van der Waals surface area contributed by atoms with E-state index in [1.807, 2.05) is 0 Å². The molecule has 0 aliphatic carbocycles. The van der Waals surface area contributed by atoms with E-state index in [1.165, 1.54) is 308 Å². The second-order valence-corrected chi connectivity index (χ2v) is 29.0. The third-order valence-corrected chi connectivity index (χ3v) is 22.9. The summed E-state index contributed by atoms with van der Waals surface area (Å²) in [5, 5.41) is 0. The van der Waals surface area contributed by atoms with Gasteiger partial charge in [-0.3, -0.25) is 0 Å². The summed E-state index contributed by atoms with van der Waals surface area (Å²) in [5.74, 6) is 0. The second-order valence-electron chi connectivity index (χ2n) is 19.1. The maximum absolute atomic E-state index is 14.3. The van der Waals surface area contributed by atoms with Crippen LogP contribution < -0.4 is 0 Å². The zero-order valence-electron chi connectivity index (χ0n) is 39.9. The molecule has 0 saturated carbocycles. The van der Waals surface area contributed by atoms with Crippen molar-refractivity contribution < 1.29 is 3.02 Å². The van der Waals surface area contributed by atoms with Crippen LogP contribution in [0, 0.1) is 0 Å². The molecular weight excluding hydrogens is 786 g/mol. The molecule has 0 amide bonds. The van der Waals surface area contributed by atoms with Gasteiger partial charge < -0.3 is 0 Å². The minimum Gasteiger partial charge on any atom is -0.0654 e. The van der Waals surface area contributed by atoms with Crippen LogP contribution in [0.5, 0.6) is 0 Å². The Kier molecular flexibility index (Phi) is 50.5. The molecule has 0 saturated heterocycles. The van der Waals surface area contributed by atoms with Crippen molar-refractivity contribution in [3.05, 3.63) is 0 Å². The molecule has 56 heavy (non-hydrogen) atoms. The molecule has 0 heterocycles. The molecule has 0 aromatic heterocycles. The average molecular weight is 898 g/mol. The van der Waals surface area contributed by atoms with E-state index in [-0.39, 0.29) is 0 Å². The Labute approximate surface area is 361 Å². The quantitative estimate of drug-likeness (QED) is 0.0439. The summed E-state index contributed by atoms with van der Waals surface area (Å²) in [6.07, 6.45) is 68.3. The van der Waals surface area contributed by atoms with Gasteiger partial charge in [-0.05, 0) is 0 Å². The molecule has 0 bridgehead atoms. The Bertz CT molecular complexity index is 637. The summed E-state index contributed by atoms with van der Waals surface area (Å²) in [7, 11) is 0. The van der Waals surface area contributed by atoms with E-state index in [9.17, 15) is 3.02 Å². The van der Waals surface area contributed by atoms with E-state index >= 15 is 0 Å². The van der Waals surface area contributed by atoms with E-state index in [4.69, 9.17) is 0 Å².